The zero-order valence-corrected chi connectivity index (χ0v) is 15.7. The second-order valence-corrected chi connectivity index (χ2v) is 7.22. The van der Waals surface area contributed by atoms with Crippen LogP contribution in [0.4, 0.5) is 0 Å². The number of carbonyl (C=O) groups is 1. The van der Waals surface area contributed by atoms with E-state index in [0.717, 1.165) is 49.2 Å². The average Bonchev–Trinajstić information content (AvgIpc) is 3.03. The SMILES string of the molecule is CCOc1ccc(/C=C2\SC(N3CC[NH+](CCC#N)CC3)=NC2=O)cc1. The Hall–Kier alpha value is -2.30. The number of nitrogens with one attached hydrogen (secondary N) is 1. The molecule has 1 amide bonds. The first-order valence-corrected chi connectivity index (χ1v) is 9.72. The van der Waals surface area contributed by atoms with Gasteiger partial charge in [-0.05, 0) is 42.5 Å². The number of rotatable bonds is 5. The van der Waals surface area contributed by atoms with E-state index in [1.807, 2.05) is 37.3 Å². The molecule has 1 aromatic carbocycles. The highest BCUT2D eigenvalue weighted by Crippen LogP contribution is 2.30. The number of amidine groups is 1. The molecule has 0 radical (unpaired) electrons. The summed E-state index contributed by atoms with van der Waals surface area (Å²) in [6.45, 7) is 7.18. The molecular formula is C19H23N4O2S+. The lowest BCUT2D eigenvalue weighted by Crippen LogP contribution is -3.14. The van der Waals surface area contributed by atoms with Crippen molar-refractivity contribution in [2.24, 2.45) is 4.99 Å². The molecule has 0 aromatic heterocycles. The maximum Gasteiger partial charge on any atom is 0.286 e. The number of ether oxygens (including phenoxy) is 1. The zero-order chi connectivity index (χ0) is 18.4. The van der Waals surface area contributed by atoms with Crippen molar-refractivity contribution in [3.05, 3.63) is 34.7 Å². The van der Waals surface area contributed by atoms with Crippen LogP contribution < -0.4 is 9.64 Å². The Morgan fingerprint density at radius 3 is 2.73 bits per heavy atom. The van der Waals surface area contributed by atoms with Crippen molar-refractivity contribution in [2.75, 3.05) is 39.3 Å². The number of piperazine rings is 1. The number of hydrogen-bond donors (Lipinski definition) is 1. The normalized spacial score (nSPS) is 19.5. The molecule has 0 bridgehead atoms. The van der Waals surface area contributed by atoms with Gasteiger partial charge < -0.3 is 14.5 Å². The second kappa shape index (κ2) is 8.88. The third-order valence-electron chi connectivity index (χ3n) is 4.43. The molecule has 1 saturated heterocycles. The molecule has 0 unspecified atom stereocenters. The van der Waals surface area contributed by atoms with E-state index in [2.05, 4.69) is 16.0 Å². The van der Waals surface area contributed by atoms with Crippen molar-refractivity contribution >= 4 is 28.9 Å². The van der Waals surface area contributed by atoms with Crippen molar-refractivity contribution in [3.8, 4) is 11.8 Å². The quantitative estimate of drug-likeness (QED) is 0.787. The van der Waals surface area contributed by atoms with Gasteiger partial charge in [0.05, 0.1) is 56.7 Å². The molecule has 7 heteroatoms. The molecule has 0 atom stereocenters. The van der Waals surface area contributed by atoms with E-state index in [1.165, 1.54) is 16.7 Å². The molecule has 3 rings (SSSR count). The van der Waals surface area contributed by atoms with Gasteiger partial charge >= 0.3 is 0 Å². The number of quaternary nitrogens is 1. The predicted octanol–water partition coefficient (Wildman–Crippen LogP) is 1.17. The largest absolute Gasteiger partial charge is 0.494 e. The first-order chi connectivity index (χ1) is 12.7. The second-order valence-electron chi connectivity index (χ2n) is 6.21. The van der Waals surface area contributed by atoms with E-state index in [-0.39, 0.29) is 5.91 Å². The molecular weight excluding hydrogens is 348 g/mol. The lowest BCUT2D eigenvalue weighted by molar-refractivity contribution is -0.903. The highest BCUT2D eigenvalue weighted by Gasteiger charge is 2.29. The van der Waals surface area contributed by atoms with Crippen LogP contribution in [-0.2, 0) is 4.79 Å². The van der Waals surface area contributed by atoms with E-state index in [0.29, 0.717) is 17.9 Å². The van der Waals surface area contributed by atoms with Gasteiger partial charge in [0.15, 0.2) is 5.17 Å². The lowest BCUT2D eigenvalue weighted by Gasteiger charge is -2.32. The summed E-state index contributed by atoms with van der Waals surface area (Å²) in [4.78, 5) is 20.8. The number of nitriles is 1. The van der Waals surface area contributed by atoms with E-state index < -0.39 is 0 Å². The Morgan fingerprint density at radius 1 is 1.35 bits per heavy atom. The zero-order valence-electron chi connectivity index (χ0n) is 14.9. The van der Waals surface area contributed by atoms with Crippen molar-refractivity contribution in [3.63, 3.8) is 0 Å². The van der Waals surface area contributed by atoms with Gasteiger partial charge in [-0.15, -0.1) is 0 Å². The van der Waals surface area contributed by atoms with Crippen LogP contribution in [0.2, 0.25) is 0 Å². The molecule has 26 heavy (non-hydrogen) atoms. The van der Waals surface area contributed by atoms with Crippen LogP contribution in [0.5, 0.6) is 5.75 Å². The number of thioether (sulfide) groups is 1. The van der Waals surface area contributed by atoms with E-state index in [9.17, 15) is 4.79 Å². The van der Waals surface area contributed by atoms with Crippen LogP contribution in [0.1, 0.15) is 18.9 Å². The molecule has 0 spiro atoms. The summed E-state index contributed by atoms with van der Waals surface area (Å²) in [5.41, 5.74) is 0.964. The van der Waals surface area contributed by atoms with Gasteiger partial charge in [0, 0.05) is 0 Å². The summed E-state index contributed by atoms with van der Waals surface area (Å²) < 4.78 is 5.44. The molecule has 1 fully saturated rings. The molecule has 0 aliphatic carbocycles. The standard InChI is InChI=1S/C19H22N4O2S/c1-2-25-16-6-4-15(5-7-16)14-17-18(24)21-19(26-17)23-12-10-22(11-13-23)9-3-8-20/h4-7,14H,2-3,9-13H2,1H3/p+1/b17-14-. The van der Waals surface area contributed by atoms with Crippen molar-refractivity contribution in [2.45, 2.75) is 13.3 Å². The molecule has 2 aliphatic rings. The lowest BCUT2D eigenvalue weighted by atomic mass is 10.2. The molecule has 2 aliphatic heterocycles. The topological polar surface area (TPSA) is 70.1 Å². The van der Waals surface area contributed by atoms with Gasteiger partial charge in [-0.25, -0.2) is 0 Å². The first-order valence-electron chi connectivity index (χ1n) is 8.90. The Kier molecular flexibility index (Phi) is 6.31. The first kappa shape index (κ1) is 18.5. The van der Waals surface area contributed by atoms with Crippen molar-refractivity contribution in [1.82, 2.24) is 4.90 Å². The van der Waals surface area contributed by atoms with Crippen LogP contribution >= 0.6 is 11.8 Å². The van der Waals surface area contributed by atoms with Crippen molar-refractivity contribution < 1.29 is 14.4 Å². The van der Waals surface area contributed by atoms with Gasteiger partial charge in [-0.2, -0.15) is 10.3 Å². The number of nitrogens with zero attached hydrogens (tertiary/aromatic N) is 3. The summed E-state index contributed by atoms with van der Waals surface area (Å²) in [6, 6.07) is 9.91. The van der Waals surface area contributed by atoms with Crippen molar-refractivity contribution in [1.29, 1.82) is 5.26 Å². The monoisotopic (exact) mass is 371 g/mol. The maximum atomic E-state index is 12.2. The van der Waals surface area contributed by atoms with E-state index >= 15 is 0 Å². The summed E-state index contributed by atoms with van der Waals surface area (Å²) in [5, 5.41) is 9.49. The molecule has 1 N–H and O–H groups in total. The fourth-order valence-electron chi connectivity index (χ4n) is 3.01. The summed E-state index contributed by atoms with van der Waals surface area (Å²) >= 11 is 1.45. The fraction of sp³-hybridized carbons (Fsp3) is 0.421. The smallest absolute Gasteiger partial charge is 0.286 e. The molecule has 1 aromatic rings. The Balaban J connectivity index is 1.58. The summed E-state index contributed by atoms with van der Waals surface area (Å²) in [7, 11) is 0. The Bertz CT molecular complexity index is 744. The van der Waals surface area contributed by atoms with Crippen LogP contribution in [0.15, 0.2) is 34.2 Å². The van der Waals surface area contributed by atoms with Crippen LogP contribution in [0, 0.1) is 11.3 Å². The number of benzene rings is 1. The van der Waals surface area contributed by atoms with E-state index in [4.69, 9.17) is 10.00 Å². The summed E-state index contributed by atoms with van der Waals surface area (Å²) in [5.74, 6) is 0.659. The Labute approximate surface area is 158 Å². The van der Waals surface area contributed by atoms with Crippen LogP contribution in [-0.4, -0.2) is 55.3 Å². The minimum atomic E-state index is -0.168. The van der Waals surface area contributed by atoms with Gasteiger partial charge in [0.25, 0.3) is 5.91 Å². The van der Waals surface area contributed by atoms with Gasteiger partial charge in [-0.3, -0.25) is 4.79 Å². The number of hydrogen-bond acceptors (Lipinski definition) is 5. The molecule has 6 nitrogen and oxygen atoms in total. The molecule has 136 valence electrons. The van der Waals surface area contributed by atoms with Gasteiger partial charge in [-0.1, -0.05) is 12.1 Å². The van der Waals surface area contributed by atoms with E-state index in [1.54, 1.807) is 0 Å². The predicted molar refractivity (Wildman–Crippen MR) is 103 cm³/mol. The molecule has 2 heterocycles. The highest BCUT2D eigenvalue weighted by molar-refractivity contribution is 8.18. The minimum absolute atomic E-state index is 0.168. The number of amides is 1. The van der Waals surface area contributed by atoms with Crippen LogP contribution in [0.25, 0.3) is 6.08 Å². The minimum Gasteiger partial charge on any atom is -0.494 e. The fourth-order valence-corrected chi connectivity index (χ4v) is 3.97. The number of aliphatic imine (C=N–C) groups is 1. The maximum absolute atomic E-state index is 12.2. The van der Waals surface area contributed by atoms with Gasteiger partial charge in [0.2, 0.25) is 0 Å². The third kappa shape index (κ3) is 4.65. The molecule has 0 saturated carbocycles. The Morgan fingerprint density at radius 2 is 2.08 bits per heavy atom. The third-order valence-corrected chi connectivity index (χ3v) is 5.47. The average molecular weight is 371 g/mol. The van der Waals surface area contributed by atoms with Gasteiger partial charge in [0.1, 0.15) is 5.75 Å². The van der Waals surface area contributed by atoms with Crippen LogP contribution in [0.3, 0.4) is 0 Å². The number of carbonyl (C=O) groups excluding carboxylic acids is 1. The summed E-state index contributed by atoms with van der Waals surface area (Å²) in [6.07, 6.45) is 2.48. The highest BCUT2D eigenvalue weighted by atomic mass is 32.2.